The van der Waals surface area contributed by atoms with Gasteiger partial charge in [-0.1, -0.05) is 47.5 Å². The molecular formula is C21H19N5O. The summed E-state index contributed by atoms with van der Waals surface area (Å²) in [6, 6.07) is 17.7. The lowest BCUT2D eigenvalue weighted by molar-refractivity contribution is 0.102. The van der Waals surface area contributed by atoms with Crippen LogP contribution >= 0.6 is 0 Å². The Morgan fingerprint density at radius 2 is 1.67 bits per heavy atom. The zero-order chi connectivity index (χ0) is 18.8. The van der Waals surface area contributed by atoms with Crippen LogP contribution in [0.5, 0.6) is 0 Å². The molecule has 4 aromatic rings. The van der Waals surface area contributed by atoms with Crippen molar-refractivity contribution < 1.29 is 4.79 Å². The van der Waals surface area contributed by atoms with E-state index in [1.807, 2.05) is 36.4 Å². The molecule has 0 aliphatic rings. The standard InChI is InChI=1S/C21H19N5O/c1-13-8-14(2)10-16(9-13)18-11-19(25-24-18)23-21(27)17-12-22-26-20(17)15-6-4-3-5-7-15/h3-12H,1-2H3,(H,22,26)(H2,23,24,25,27). The summed E-state index contributed by atoms with van der Waals surface area (Å²) in [5, 5.41) is 16.9. The van der Waals surface area contributed by atoms with Crippen LogP contribution in [0.4, 0.5) is 5.82 Å². The number of aromatic amines is 2. The normalized spacial score (nSPS) is 10.7. The van der Waals surface area contributed by atoms with Gasteiger partial charge in [0.15, 0.2) is 5.82 Å². The van der Waals surface area contributed by atoms with Gasteiger partial charge in [0.1, 0.15) is 0 Å². The third kappa shape index (κ3) is 3.50. The number of carbonyl (C=O) groups is 1. The summed E-state index contributed by atoms with van der Waals surface area (Å²) in [6.45, 7) is 4.11. The van der Waals surface area contributed by atoms with Gasteiger partial charge in [0.25, 0.3) is 5.91 Å². The predicted molar refractivity (Wildman–Crippen MR) is 105 cm³/mol. The predicted octanol–water partition coefficient (Wildman–Crippen LogP) is 4.34. The Balaban J connectivity index is 1.57. The summed E-state index contributed by atoms with van der Waals surface area (Å²) in [7, 11) is 0. The molecule has 0 unspecified atom stereocenters. The van der Waals surface area contributed by atoms with E-state index < -0.39 is 0 Å². The van der Waals surface area contributed by atoms with Gasteiger partial charge in [-0.25, -0.2) is 0 Å². The number of anilines is 1. The van der Waals surface area contributed by atoms with Gasteiger partial charge in [-0.15, -0.1) is 0 Å². The van der Waals surface area contributed by atoms with Gasteiger partial charge in [-0.05, 0) is 26.0 Å². The van der Waals surface area contributed by atoms with Crippen molar-refractivity contribution in [3.8, 4) is 22.5 Å². The van der Waals surface area contributed by atoms with Crippen molar-refractivity contribution in [3.05, 3.63) is 77.5 Å². The Kier molecular flexibility index (Phi) is 4.30. The zero-order valence-electron chi connectivity index (χ0n) is 15.1. The zero-order valence-corrected chi connectivity index (χ0v) is 15.1. The maximum absolute atomic E-state index is 12.7. The number of hydrogen-bond donors (Lipinski definition) is 3. The minimum atomic E-state index is -0.263. The van der Waals surface area contributed by atoms with E-state index in [1.165, 1.54) is 17.3 Å². The van der Waals surface area contributed by atoms with Crippen molar-refractivity contribution in [2.24, 2.45) is 0 Å². The monoisotopic (exact) mass is 357 g/mol. The van der Waals surface area contributed by atoms with Gasteiger partial charge >= 0.3 is 0 Å². The van der Waals surface area contributed by atoms with Crippen molar-refractivity contribution in [2.75, 3.05) is 5.32 Å². The van der Waals surface area contributed by atoms with Crippen molar-refractivity contribution in [2.45, 2.75) is 13.8 Å². The maximum Gasteiger partial charge on any atom is 0.260 e. The summed E-state index contributed by atoms with van der Waals surface area (Å²) in [4.78, 5) is 12.7. The molecule has 0 fully saturated rings. The van der Waals surface area contributed by atoms with Crippen molar-refractivity contribution >= 4 is 11.7 Å². The third-order valence-electron chi connectivity index (χ3n) is 4.30. The summed E-state index contributed by atoms with van der Waals surface area (Å²) < 4.78 is 0. The molecule has 134 valence electrons. The number of nitrogens with zero attached hydrogens (tertiary/aromatic N) is 2. The van der Waals surface area contributed by atoms with E-state index in [2.05, 4.69) is 57.8 Å². The molecule has 0 saturated heterocycles. The van der Waals surface area contributed by atoms with Gasteiger partial charge in [-0.3, -0.25) is 15.0 Å². The molecule has 6 nitrogen and oxygen atoms in total. The van der Waals surface area contributed by atoms with Crippen LogP contribution in [0.1, 0.15) is 21.5 Å². The molecule has 2 aromatic heterocycles. The minimum Gasteiger partial charge on any atom is -0.305 e. The Labute approximate surface area is 156 Å². The van der Waals surface area contributed by atoms with E-state index >= 15 is 0 Å². The van der Waals surface area contributed by atoms with E-state index in [0.29, 0.717) is 17.1 Å². The van der Waals surface area contributed by atoms with Crippen molar-refractivity contribution in [3.63, 3.8) is 0 Å². The first-order valence-electron chi connectivity index (χ1n) is 8.64. The molecule has 0 atom stereocenters. The number of hydrogen-bond acceptors (Lipinski definition) is 3. The number of aryl methyl sites for hydroxylation is 2. The number of amides is 1. The molecule has 4 rings (SSSR count). The number of H-pyrrole nitrogens is 2. The van der Waals surface area contributed by atoms with Gasteiger partial charge in [-0.2, -0.15) is 10.2 Å². The fourth-order valence-corrected chi connectivity index (χ4v) is 3.13. The van der Waals surface area contributed by atoms with Crippen LogP contribution in [0.25, 0.3) is 22.5 Å². The van der Waals surface area contributed by atoms with Crippen LogP contribution in [0, 0.1) is 13.8 Å². The minimum absolute atomic E-state index is 0.263. The van der Waals surface area contributed by atoms with Crippen molar-refractivity contribution in [1.82, 2.24) is 20.4 Å². The van der Waals surface area contributed by atoms with Gasteiger partial charge < -0.3 is 5.32 Å². The Hall–Kier alpha value is -3.67. The molecule has 0 radical (unpaired) electrons. The second-order valence-corrected chi connectivity index (χ2v) is 6.52. The van der Waals surface area contributed by atoms with E-state index in [9.17, 15) is 4.79 Å². The lowest BCUT2D eigenvalue weighted by atomic mass is 10.1. The number of benzene rings is 2. The maximum atomic E-state index is 12.7. The smallest absolute Gasteiger partial charge is 0.260 e. The highest BCUT2D eigenvalue weighted by atomic mass is 16.1. The first-order valence-corrected chi connectivity index (χ1v) is 8.64. The molecule has 3 N–H and O–H groups in total. The molecule has 0 spiro atoms. The molecule has 2 heterocycles. The summed E-state index contributed by atoms with van der Waals surface area (Å²) in [6.07, 6.45) is 1.52. The number of aromatic nitrogens is 4. The number of nitrogens with one attached hydrogen (secondary N) is 3. The first kappa shape index (κ1) is 16.8. The molecule has 0 aliphatic heterocycles. The average Bonchev–Trinajstić information content (AvgIpc) is 3.31. The van der Waals surface area contributed by atoms with Gasteiger partial charge in [0, 0.05) is 17.2 Å². The topological polar surface area (TPSA) is 86.5 Å². The van der Waals surface area contributed by atoms with Crippen LogP contribution in [-0.4, -0.2) is 26.3 Å². The second-order valence-electron chi connectivity index (χ2n) is 6.52. The molecule has 27 heavy (non-hydrogen) atoms. The third-order valence-corrected chi connectivity index (χ3v) is 4.30. The number of rotatable bonds is 4. The van der Waals surface area contributed by atoms with E-state index in [4.69, 9.17) is 0 Å². The van der Waals surface area contributed by atoms with Crippen LogP contribution in [-0.2, 0) is 0 Å². The molecular weight excluding hydrogens is 338 g/mol. The lowest BCUT2D eigenvalue weighted by Gasteiger charge is -2.03. The quantitative estimate of drug-likeness (QED) is 0.508. The van der Waals surface area contributed by atoms with Gasteiger partial charge in [0.2, 0.25) is 0 Å². The van der Waals surface area contributed by atoms with E-state index in [0.717, 1.165) is 16.8 Å². The lowest BCUT2D eigenvalue weighted by Crippen LogP contribution is -2.12. The Morgan fingerprint density at radius 1 is 0.926 bits per heavy atom. The first-order chi connectivity index (χ1) is 13.1. The molecule has 0 bridgehead atoms. The molecule has 0 saturated carbocycles. The van der Waals surface area contributed by atoms with E-state index in [-0.39, 0.29) is 5.91 Å². The van der Waals surface area contributed by atoms with Gasteiger partial charge in [0.05, 0.1) is 23.1 Å². The number of carbonyl (C=O) groups excluding carboxylic acids is 1. The highest BCUT2D eigenvalue weighted by molar-refractivity contribution is 6.07. The summed E-state index contributed by atoms with van der Waals surface area (Å²) in [5.74, 6) is 0.204. The Bertz CT molecular complexity index is 1070. The highest BCUT2D eigenvalue weighted by Crippen LogP contribution is 2.24. The average molecular weight is 357 g/mol. The molecule has 1 amide bonds. The van der Waals surface area contributed by atoms with Crippen LogP contribution in [0.15, 0.2) is 60.8 Å². The van der Waals surface area contributed by atoms with Crippen LogP contribution in [0.2, 0.25) is 0 Å². The SMILES string of the molecule is Cc1cc(C)cc(-c2cc(NC(=O)c3cn[nH]c3-c3ccccc3)n[nH]2)c1. The second kappa shape index (κ2) is 6.92. The van der Waals surface area contributed by atoms with E-state index in [1.54, 1.807) is 0 Å². The fourth-order valence-electron chi connectivity index (χ4n) is 3.13. The molecule has 0 aliphatic carbocycles. The largest absolute Gasteiger partial charge is 0.305 e. The van der Waals surface area contributed by atoms with Crippen LogP contribution in [0.3, 0.4) is 0 Å². The Morgan fingerprint density at radius 3 is 2.41 bits per heavy atom. The molecule has 2 aromatic carbocycles. The highest BCUT2D eigenvalue weighted by Gasteiger charge is 2.16. The fraction of sp³-hybridized carbons (Fsp3) is 0.0952. The van der Waals surface area contributed by atoms with Crippen LogP contribution < -0.4 is 5.32 Å². The summed E-state index contributed by atoms with van der Waals surface area (Å²) in [5.41, 5.74) is 6.29. The summed E-state index contributed by atoms with van der Waals surface area (Å²) >= 11 is 0. The molecule has 6 heteroatoms. The van der Waals surface area contributed by atoms with Crippen molar-refractivity contribution in [1.29, 1.82) is 0 Å².